The largest absolute Gasteiger partial charge is 0.465 e. The smallest absolute Gasteiger partial charge is 0.337 e. The van der Waals surface area contributed by atoms with Gasteiger partial charge in [0.2, 0.25) is 0 Å². The maximum Gasteiger partial charge on any atom is 0.337 e. The van der Waals surface area contributed by atoms with Crippen molar-refractivity contribution in [3.05, 3.63) is 57.8 Å². The molecule has 0 aliphatic carbocycles. The molecule has 0 spiro atoms. The van der Waals surface area contributed by atoms with Gasteiger partial charge >= 0.3 is 12.0 Å². The van der Waals surface area contributed by atoms with Crippen LogP contribution in [0.25, 0.3) is 0 Å². The molecule has 1 heterocycles. The van der Waals surface area contributed by atoms with Crippen LogP contribution in [0.15, 0.2) is 41.8 Å². The van der Waals surface area contributed by atoms with E-state index in [0.717, 1.165) is 10.4 Å². The van der Waals surface area contributed by atoms with Crippen LogP contribution in [0.1, 0.15) is 20.8 Å². The molecular formula is C15H16N2O3S. The number of esters is 1. The number of amides is 2. The molecule has 21 heavy (non-hydrogen) atoms. The quantitative estimate of drug-likeness (QED) is 0.834. The van der Waals surface area contributed by atoms with Crippen molar-refractivity contribution >= 4 is 23.3 Å². The maximum absolute atomic E-state index is 11.6. The molecule has 0 saturated heterocycles. The normalized spacial score (nSPS) is 9.95. The number of carbonyl (C=O) groups excluding carboxylic acids is 2. The van der Waals surface area contributed by atoms with Crippen LogP contribution in [-0.2, 0) is 17.8 Å². The van der Waals surface area contributed by atoms with Gasteiger partial charge in [-0.25, -0.2) is 9.59 Å². The lowest BCUT2D eigenvalue weighted by atomic mass is 10.1. The molecule has 2 rings (SSSR count). The third kappa shape index (κ3) is 4.61. The molecule has 0 fully saturated rings. The molecule has 0 aliphatic heterocycles. The number of hydrogen-bond donors (Lipinski definition) is 2. The molecular weight excluding hydrogens is 288 g/mol. The highest BCUT2D eigenvalue weighted by Crippen LogP contribution is 2.07. The molecule has 0 unspecified atom stereocenters. The molecule has 0 bridgehead atoms. The highest BCUT2D eigenvalue weighted by Gasteiger charge is 2.05. The van der Waals surface area contributed by atoms with Gasteiger partial charge in [-0.1, -0.05) is 18.2 Å². The number of carbonyl (C=O) groups is 2. The van der Waals surface area contributed by atoms with E-state index in [9.17, 15) is 9.59 Å². The number of ether oxygens (including phenoxy) is 1. The lowest BCUT2D eigenvalue weighted by Gasteiger charge is -2.07. The van der Waals surface area contributed by atoms with E-state index in [2.05, 4.69) is 15.4 Å². The summed E-state index contributed by atoms with van der Waals surface area (Å²) in [5, 5.41) is 7.51. The summed E-state index contributed by atoms with van der Waals surface area (Å²) in [6.07, 6.45) is 0. The SMILES string of the molecule is COC(=O)c1ccc(CNC(=O)NCc2cccs2)cc1. The molecule has 2 aromatic rings. The van der Waals surface area contributed by atoms with Gasteiger partial charge in [0.1, 0.15) is 0 Å². The van der Waals surface area contributed by atoms with Gasteiger partial charge in [-0.05, 0) is 29.1 Å². The Balaban J connectivity index is 1.77. The minimum Gasteiger partial charge on any atom is -0.465 e. The standard InChI is InChI=1S/C15H16N2O3S/c1-20-14(18)12-6-4-11(5-7-12)9-16-15(19)17-10-13-3-2-8-21-13/h2-8H,9-10H2,1H3,(H2,16,17,19). The van der Waals surface area contributed by atoms with Crippen molar-refractivity contribution in [2.24, 2.45) is 0 Å². The Kier molecular flexibility index (Phi) is 5.34. The molecule has 0 saturated carbocycles. The lowest BCUT2D eigenvalue weighted by molar-refractivity contribution is 0.0600. The summed E-state index contributed by atoms with van der Waals surface area (Å²) in [5.74, 6) is -0.372. The maximum atomic E-state index is 11.6. The monoisotopic (exact) mass is 304 g/mol. The second-order valence-electron chi connectivity index (χ2n) is 4.30. The van der Waals surface area contributed by atoms with Gasteiger partial charge in [-0.15, -0.1) is 11.3 Å². The van der Waals surface area contributed by atoms with E-state index in [4.69, 9.17) is 0 Å². The summed E-state index contributed by atoms with van der Waals surface area (Å²) in [4.78, 5) is 24.0. The number of rotatable bonds is 5. The Labute approximate surface area is 126 Å². The van der Waals surface area contributed by atoms with E-state index < -0.39 is 0 Å². The summed E-state index contributed by atoms with van der Waals surface area (Å²) >= 11 is 1.60. The van der Waals surface area contributed by atoms with Crippen LogP contribution >= 0.6 is 11.3 Å². The van der Waals surface area contributed by atoms with Crippen molar-refractivity contribution < 1.29 is 14.3 Å². The number of urea groups is 1. The molecule has 2 N–H and O–H groups in total. The van der Waals surface area contributed by atoms with Gasteiger partial charge in [0.25, 0.3) is 0 Å². The van der Waals surface area contributed by atoms with Gasteiger partial charge < -0.3 is 15.4 Å². The van der Waals surface area contributed by atoms with Crippen molar-refractivity contribution in [2.75, 3.05) is 7.11 Å². The van der Waals surface area contributed by atoms with Crippen LogP contribution in [0.2, 0.25) is 0 Å². The highest BCUT2D eigenvalue weighted by molar-refractivity contribution is 7.09. The second-order valence-corrected chi connectivity index (χ2v) is 5.34. The van der Waals surface area contributed by atoms with Gasteiger partial charge in [0, 0.05) is 11.4 Å². The van der Waals surface area contributed by atoms with Crippen LogP contribution in [-0.4, -0.2) is 19.1 Å². The number of thiophene rings is 1. The highest BCUT2D eigenvalue weighted by atomic mass is 32.1. The van der Waals surface area contributed by atoms with E-state index >= 15 is 0 Å². The summed E-state index contributed by atoms with van der Waals surface area (Å²) < 4.78 is 4.62. The first-order valence-electron chi connectivity index (χ1n) is 6.40. The van der Waals surface area contributed by atoms with E-state index in [0.29, 0.717) is 18.7 Å². The van der Waals surface area contributed by atoms with Gasteiger partial charge in [-0.2, -0.15) is 0 Å². The van der Waals surface area contributed by atoms with Crippen molar-refractivity contribution in [1.82, 2.24) is 10.6 Å². The number of benzene rings is 1. The molecule has 6 heteroatoms. The van der Waals surface area contributed by atoms with Crippen molar-refractivity contribution in [1.29, 1.82) is 0 Å². The number of nitrogens with one attached hydrogen (secondary N) is 2. The Morgan fingerprint density at radius 1 is 1.10 bits per heavy atom. The predicted octanol–water partition coefficient (Wildman–Crippen LogP) is 2.53. The third-order valence-electron chi connectivity index (χ3n) is 2.83. The second kappa shape index (κ2) is 7.44. The van der Waals surface area contributed by atoms with Crippen molar-refractivity contribution in [2.45, 2.75) is 13.1 Å². The number of methoxy groups -OCH3 is 1. The molecule has 2 amide bonds. The zero-order chi connectivity index (χ0) is 15.1. The first-order chi connectivity index (χ1) is 10.2. The zero-order valence-corrected chi connectivity index (χ0v) is 12.4. The van der Waals surface area contributed by atoms with E-state index in [1.54, 1.807) is 35.6 Å². The van der Waals surface area contributed by atoms with Gasteiger partial charge in [0.05, 0.1) is 19.2 Å². The van der Waals surface area contributed by atoms with Crippen LogP contribution in [0.5, 0.6) is 0 Å². The van der Waals surface area contributed by atoms with Gasteiger partial charge in [0.15, 0.2) is 0 Å². The minimum atomic E-state index is -0.372. The fourth-order valence-corrected chi connectivity index (χ4v) is 2.35. The Bertz CT molecular complexity index is 594. The van der Waals surface area contributed by atoms with E-state index in [1.807, 2.05) is 17.5 Å². The Morgan fingerprint density at radius 2 is 1.81 bits per heavy atom. The van der Waals surface area contributed by atoms with Crippen molar-refractivity contribution in [3.63, 3.8) is 0 Å². The van der Waals surface area contributed by atoms with Crippen LogP contribution in [0.3, 0.4) is 0 Å². The summed E-state index contributed by atoms with van der Waals surface area (Å²) in [5.41, 5.74) is 1.40. The molecule has 0 atom stereocenters. The summed E-state index contributed by atoms with van der Waals surface area (Å²) in [7, 11) is 1.34. The van der Waals surface area contributed by atoms with E-state index in [1.165, 1.54) is 7.11 Å². The minimum absolute atomic E-state index is 0.222. The van der Waals surface area contributed by atoms with Crippen LogP contribution in [0.4, 0.5) is 4.79 Å². The third-order valence-corrected chi connectivity index (χ3v) is 3.71. The fraction of sp³-hybridized carbons (Fsp3) is 0.200. The molecule has 0 aliphatic rings. The zero-order valence-electron chi connectivity index (χ0n) is 11.6. The number of hydrogen-bond acceptors (Lipinski definition) is 4. The lowest BCUT2D eigenvalue weighted by Crippen LogP contribution is -2.34. The molecule has 110 valence electrons. The Hall–Kier alpha value is -2.34. The van der Waals surface area contributed by atoms with E-state index in [-0.39, 0.29) is 12.0 Å². The molecule has 1 aromatic heterocycles. The van der Waals surface area contributed by atoms with Gasteiger partial charge in [-0.3, -0.25) is 0 Å². The summed E-state index contributed by atoms with van der Waals surface area (Å²) in [6, 6.07) is 10.6. The first kappa shape index (κ1) is 15.1. The fourth-order valence-electron chi connectivity index (χ4n) is 1.70. The topological polar surface area (TPSA) is 67.4 Å². The molecule has 1 aromatic carbocycles. The average Bonchev–Trinajstić information content (AvgIpc) is 3.04. The van der Waals surface area contributed by atoms with Crippen LogP contribution in [0, 0.1) is 0 Å². The Morgan fingerprint density at radius 3 is 2.43 bits per heavy atom. The predicted molar refractivity (Wildman–Crippen MR) is 81.2 cm³/mol. The molecule has 0 radical (unpaired) electrons. The van der Waals surface area contributed by atoms with Crippen LogP contribution < -0.4 is 10.6 Å². The molecule has 5 nitrogen and oxygen atoms in total. The first-order valence-corrected chi connectivity index (χ1v) is 7.28. The average molecular weight is 304 g/mol. The van der Waals surface area contributed by atoms with Crippen molar-refractivity contribution in [3.8, 4) is 0 Å². The summed E-state index contributed by atoms with van der Waals surface area (Å²) in [6.45, 7) is 0.919.